The number of halogens is 1. The van der Waals surface area contributed by atoms with Crippen LogP contribution in [0.3, 0.4) is 0 Å². The lowest BCUT2D eigenvalue weighted by Crippen LogP contribution is -2.27. The van der Waals surface area contributed by atoms with E-state index in [9.17, 15) is 9.18 Å². The number of rotatable bonds is 5. The molecule has 0 aliphatic carbocycles. The van der Waals surface area contributed by atoms with Crippen molar-refractivity contribution in [1.29, 1.82) is 0 Å². The third-order valence-corrected chi connectivity index (χ3v) is 4.95. The summed E-state index contributed by atoms with van der Waals surface area (Å²) in [5.74, 6) is 0.524. The van der Waals surface area contributed by atoms with Crippen molar-refractivity contribution in [3.8, 4) is 11.5 Å². The molecule has 0 aromatic heterocycles. The molecule has 2 aromatic rings. The Morgan fingerprint density at radius 1 is 1.23 bits per heavy atom. The lowest BCUT2D eigenvalue weighted by molar-refractivity contribution is -0.113. The molecule has 1 aliphatic heterocycles. The Bertz CT molecular complexity index is 898. The fourth-order valence-corrected chi connectivity index (χ4v) is 3.80. The van der Waals surface area contributed by atoms with Crippen molar-refractivity contribution < 1.29 is 18.7 Å². The molecule has 26 heavy (non-hydrogen) atoms. The van der Waals surface area contributed by atoms with Gasteiger partial charge in [-0.2, -0.15) is 0 Å². The van der Waals surface area contributed by atoms with Gasteiger partial charge in [-0.3, -0.25) is 9.69 Å². The zero-order valence-corrected chi connectivity index (χ0v) is 15.8. The van der Waals surface area contributed by atoms with Crippen molar-refractivity contribution in [3.63, 3.8) is 0 Å². The van der Waals surface area contributed by atoms with E-state index in [0.29, 0.717) is 33.0 Å². The Morgan fingerprint density at radius 2 is 2.04 bits per heavy atom. The van der Waals surface area contributed by atoms with E-state index in [2.05, 4.69) is 0 Å². The molecule has 1 fully saturated rings. The maximum atomic E-state index is 13.5. The zero-order chi connectivity index (χ0) is 18.7. The average molecular weight is 389 g/mol. The molecular weight excluding hydrogens is 373 g/mol. The molecule has 2 aromatic carbocycles. The molecule has 1 amide bonds. The fourth-order valence-electron chi connectivity index (χ4n) is 2.51. The summed E-state index contributed by atoms with van der Waals surface area (Å²) in [5, 5.41) is 0. The second kappa shape index (κ2) is 7.88. The summed E-state index contributed by atoms with van der Waals surface area (Å²) in [6.45, 7) is 2.42. The number of ether oxygens (including phenoxy) is 2. The normalized spacial score (nSPS) is 15.7. The largest absolute Gasteiger partial charge is 0.493 e. The molecule has 0 saturated carbocycles. The topological polar surface area (TPSA) is 38.8 Å². The Hall–Kier alpha value is -2.38. The third kappa shape index (κ3) is 3.73. The summed E-state index contributed by atoms with van der Waals surface area (Å²) < 4.78 is 24.7. The van der Waals surface area contributed by atoms with Gasteiger partial charge in [0.2, 0.25) is 0 Å². The minimum Gasteiger partial charge on any atom is -0.493 e. The van der Waals surface area contributed by atoms with Crippen LogP contribution in [0.1, 0.15) is 12.5 Å². The van der Waals surface area contributed by atoms with E-state index in [-0.39, 0.29) is 5.91 Å². The predicted octanol–water partition coefficient (Wildman–Crippen LogP) is 4.64. The summed E-state index contributed by atoms with van der Waals surface area (Å²) in [6, 6.07) is 11.2. The van der Waals surface area contributed by atoms with Crippen molar-refractivity contribution in [2.45, 2.75) is 6.92 Å². The van der Waals surface area contributed by atoms with Gasteiger partial charge in [-0.1, -0.05) is 36.1 Å². The van der Waals surface area contributed by atoms with Gasteiger partial charge in [-0.05, 0) is 48.9 Å². The predicted molar refractivity (Wildman–Crippen MR) is 106 cm³/mol. The first-order valence-corrected chi connectivity index (χ1v) is 9.10. The van der Waals surface area contributed by atoms with Crippen LogP contribution in [0.5, 0.6) is 11.5 Å². The Morgan fingerprint density at radius 3 is 2.73 bits per heavy atom. The van der Waals surface area contributed by atoms with E-state index >= 15 is 0 Å². The number of carbonyl (C=O) groups excluding carboxylic acids is 1. The number of carbonyl (C=O) groups is 1. The fraction of sp³-hybridized carbons (Fsp3) is 0.158. The van der Waals surface area contributed by atoms with Crippen LogP contribution in [0.4, 0.5) is 10.1 Å². The number of thioether (sulfide) groups is 1. The summed E-state index contributed by atoms with van der Waals surface area (Å²) in [6.07, 6.45) is 1.73. The van der Waals surface area contributed by atoms with E-state index in [1.807, 2.05) is 13.0 Å². The van der Waals surface area contributed by atoms with E-state index in [1.54, 1.807) is 37.5 Å². The van der Waals surface area contributed by atoms with Crippen LogP contribution in [0, 0.1) is 5.82 Å². The van der Waals surface area contributed by atoms with Crippen LogP contribution in [-0.4, -0.2) is 23.9 Å². The van der Waals surface area contributed by atoms with Gasteiger partial charge in [-0.15, -0.1) is 0 Å². The average Bonchev–Trinajstić information content (AvgIpc) is 2.90. The highest BCUT2D eigenvalue weighted by Gasteiger charge is 2.33. The molecule has 7 heteroatoms. The van der Waals surface area contributed by atoms with Crippen LogP contribution >= 0.6 is 24.0 Å². The Balaban J connectivity index is 1.90. The first-order valence-electron chi connectivity index (χ1n) is 7.88. The number of methoxy groups -OCH3 is 1. The van der Waals surface area contributed by atoms with E-state index in [4.69, 9.17) is 21.7 Å². The molecule has 0 radical (unpaired) electrons. The third-order valence-electron chi connectivity index (χ3n) is 3.65. The highest BCUT2D eigenvalue weighted by Crippen LogP contribution is 2.37. The number of hydrogen-bond acceptors (Lipinski definition) is 5. The smallest absolute Gasteiger partial charge is 0.270 e. The first-order chi connectivity index (χ1) is 12.5. The van der Waals surface area contributed by atoms with E-state index in [0.717, 1.165) is 5.56 Å². The summed E-state index contributed by atoms with van der Waals surface area (Å²) in [7, 11) is 1.56. The van der Waals surface area contributed by atoms with Crippen molar-refractivity contribution >= 4 is 46.0 Å². The monoisotopic (exact) mass is 389 g/mol. The number of thiocarbonyl (C=S) groups is 1. The number of nitrogens with zero attached hydrogens (tertiary/aromatic N) is 1. The number of anilines is 1. The van der Waals surface area contributed by atoms with Gasteiger partial charge in [-0.25, -0.2) is 4.39 Å². The second-order valence-corrected chi connectivity index (χ2v) is 7.02. The van der Waals surface area contributed by atoms with Crippen molar-refractivity contribution in [2.24, 2.45) is 0 Å². The van der Waals surface area contributed by atoms with Gasteiger partial charge < -0.3 is 9.47 Å². The molecular formula is C19H16FNO3S2. The van der Waals surface area contributed by atoms with Gasteiger partial charge in [0.1, 0.15) is 5.82 Å². The molecule has 0 spiro atoms. The van der Waals surface area contributed by atoms with Crippen molar-refractivity contribution in [2.75, 3.05) is 18.6 Å². The lowest BCUT2D eigenvalue weighted by atomic mass is 10.2. The zero-order valence-electron chi connectivity index (χ0n) is 14.2. The minimum absolute atomic E-state index is 0.279. The molecule has 0 N–H and O–H groups in total. The van der Waals surface area contributed by atoms with Crippen molar-refractivity contribution in [3.05, 3.63) is 58.8 Å². The van der Waals surface area contributed by atoms with Gasteiger partial charge in [0, 0.05) is 0 Å². The van der Waals surface area contributed by atoms with Gasteiger partial charge in [0.05, 0.1) is 24.3 Å². The van der Waals surface area contributed by atoms with Crippen molar-refractivity contribution in [1.82, 2.24) is 0 Å². The molecule has 0 atom stereocenters. The Labute approximate surface area is 160 Å². The standard InChI is InChI=1S/C19H16FNO3S2/c1-3-24-15-8-7-12(9-16(15)23-2)10-17-18(22)21(19(25)26-17)14-6-4-5-13(20)11-14/h4-11H,3H2,1-2H3. The van der Waals surface area contributed by atoms with Crippen LogP contribution in [-0.2, 0) is 4.79 Å². The second-order valence-electron chi connectivity index (χ2n) is 5.34. The lowest BCUT2D eigenvalue weighted by Gasteiger charge is -2.14. The molecule has 1 heterocycles. The molecule has 1 aliphatic rings. The number of amides is 1. The number of benzene rings is 2. The van der Waals surface area contributed by atoms with Crippen LogP contribution in [0.2, 0.25) is 0 Å². The SMILES string of the molecule is CCOc1ccc(C=C2SC(=S)N(c3cccc(F)c3)C2=O)cc1OC. The van der Waals surface area contributed by atoms with E-state index < -0.39 is 5.82 Å². The summed E-state index contributed by atoms with van der Waals surface area (Å²) in [5.41, 5.74) is 1.20. The summed E-state index contributed by atoms with van der Waals surface area (Å²) in [4.78, 5) is 14.5. The first kappa shape index (κ1) is 18.4. The van der Waals surface area contributed by atoms with Gasteiger partial charge in [0.15, 0.2) is 15.8 Å². The molecule has 4 nitrogen and oxygen atoms in total. The van der Waals surface area contributed by atoms with Crippen LogP contribution in [0.25, 0.3) is 6.08 Å². The maximum absolute atomic E-state index is 13.5. The quantitative estimate of drug-likeness (QED) is 0.550. The Kier molecular flexibility index (Phi) is 5.58. The molecule has 0 unspecified atom stereocenters. The maximum Gasteiger partial charge on any atom is 0.270 e. The summed E-state index contributed by atoms with van der Waals surface area (Å²) >= 11 is 6.48. The highest BCUT2D eigenvalue weighted by atomic mass is 32.2. The van der Waals surface area contributed by atoms with Crippen LogP contribution in [0.15, 0.2) is 47.4 Å². The van der Waals surface area contributed by atoms with Gasteiger partial charge in [0.25, 0.3) is 5.91 Å². The minimum atomic E-state index is -0.420. The molecule has 1 saturated heterocycles. The van der Waals surface area contributed by atoms with Gasteiger partial charge >= 0.3 is 0 Å². The molecule has 134 valence electrons. The highest BCUT2D eigenvalue weighted by molar-refractivity contribution is 8.27. The van der Waals surface area contributed by atoms with Crippen LogP contribution < -0.4 is 14.4 Å². The van der Waals surface area contributed by atoms with E-state index in [1.165, 1.54) is 28.8 Å². The number of hydrogen-bond donors (Lipinski definition) is 0. The molecule has 3 rings (SSSR count). The molecule has 0 bridgehead atoms.